The quantitative estimate of drug-likeness (QED) is 0.839. The van der Waals surface area contributed by atoms with Crippen LogP contribution in [0.5, 0.6) is 0 Å². The molecule has 24 heavy (non-hydrogen) atoms. The van der Waals surface area contributed by atoms with Crippen LogP contribution in [0.3, 0.4) is 0 Å². The molecule has 1 atom stereocenters. The van der Waals surface area contributed by atoms with E-state index in [0.29, 0.717) is 17.4 Å². The molecule has 1 amide bonds. The van der Waals surface area contributed by atoms with Gasteiger partial charge in [0.25, 0.3) is 0 Å². The number of nitrogens with one attached hydrogen (secondary N) is 2. The van der Waals surface area contributed by atoms with Gasteiger partial charge < -0.3 is 10.6 Å². The number of halogens is 1. The molecule has 0 bridgehead atoms. The largest absolute Gasteiger partial charge is 0.311 e. The lowest BCUT2D eigenvalue weighted by Crippen LogP contribution is -2.51. The normalized spacial score (nSPS) is 18.5. The van der Waals surface area contributed by atoms with Crippen LogP contribution in [0.4, 0.5) is 9.52 Å². The van der Waals surface area contributed by atoms with Crippen LogP contribution >= 0.6 is 11.3 Å². The first-order chi connectivity index (χ1) is 11.6. The summed E-state index contributed by atoms with van der Waals surface area (Å²) in [5.74, 6) is 0.107. The number of carbonyl (C=O) groups is 1. The Bertz CT molecular complexity index is 692. The Morgan fingerprint density at radius 1 is 1.42 bits per heavy atom. The minimum absolute atomic E-state index is 0.113. The summed E-state index contributed by atoms with van der Waals surface area (Å²) in [4.78, 5) is 26.7. The number of hydrogen-bond acceptors (Lipinski definition) is 7. The second-order valence-corrected chi connectivity index (χ2v) is 6.84. The number of amides is 1. The molecule has 1 fully saturated rings. The third-order valence-corrected chi connectivity index (χ3v) is 4.56. The summed E-state index contributed by atoms with van der Waals surface area (Å²) in [5, 5.41) is 6.77. The van der Waals surface area contributed by atoms with E-state index >= 15 is 0 Å². The maximum absolute atomic E-state index is 12.9. The van der Waals surface area contributed by atoms with Crippen molar-refractivity contribution in [2.24, 2.45) is 0 Å². The standard InChI is InChI=1S/C15H19FN6OS/c1-10(23)21-15-20-7-13(24-15)9-22-3-2-17-12(8-22)4-14-18-5-11(16)6-19-14/h5-7,12,17H,2-4,8-9H2,1H3,(H,20,21,23)/t12-/m1/s1. The van der Waals surface area contributed by atoms with Crippen molar-refractivity contribution in [3.05, 3.63) is 35.1 Å². The molecule has 2 aromatic heterocycles. The van der Waals surface area contributed by atoms with Crippen LogP contribution in [-0.2, 0) is 17.8 Å². The van der Waals surface area contributed by atoms with Gasteiger partial charge in [0.2, 0.25) is 5.91 Å². The Labute approximate surface area is 143 Å². The van der Waals surface area contributed by atoms with E-state index in [2.05, 4.69) is 30.5 Å². The Balaban J connectivity index is 1.54. The molecule has 1 aliphatic rings. The van der Waals surface area contributed by atoms with Gasteiger partial charge in [-0.05, 0) is 0 Å². The number of aromatic nitrogens is 3. The first-order valence-electron chi connectivity index (χ1n) is 7.73. The minimum atomic E-state index is -0.419. The number of carbonyl (C=O) groups excluding carboxylic acids is 1. The Hall–Kier alpha value is -1.97. The smallest absolute Gasteiger partial charge is 0.223 e. The van der Waals surface area contributed by atoms with Crippen molar-refractivity contribution in [3.63, 3.8) is 0 Å². The Morgan fingerprint density at radius 2 is 2.21 bits per heavy atom. The van der Waals surface area contributed by atoms with Gasteiger partial charge in [-0.25, -0.2) is 19.3 Å². The van der Waals surface area contributed by atoms with Gasteiger partial charge in [-0.1, -0.05) is 0 Å². The Morgan fingerprint density at radius 3 is 2.96 bits per heavy atom. The molecule has 2 N–H and O–H groups in total. The maximum Gasteiger partial charge on any atom is 0.223 e. The lowest BCUT2D eigenvalue weighted by molar-refractivity contribution is -0.114. The van der Waals surface area contributed by atoms with Gasteiger partial charge in [0.05, 0.1) is 12.4 Å². The monoisotopic (exact) mass is 350 g/mol. The molecular formula is C15H19FN6OS. The highest BCUT2D eigenvalue weighted by Gasteiger charge is 2.21. The number of nitrogens with zero attached hydrogens (tertiary/aromatic N) is 4. The van der Waals surface area contributed by atoms with Crippen molar-refractivity contribution in [2.45, 2.75) is 25.9 Å². The Kier molecular flexibility index (Phi) is 5.44. The lowest BCUT2D eigenvalue weighted by atomic mass is 10.1. The summed E-state index contributed by atoms with van der Waals surface area (Å²) in [6.45, 7) is 4.94. The molecule has 1 saturated heterocycles. The van der Waals surface area contributed by atoms with Crippen molar-refractivity contribution in [2.75, 3.05) is 25.0 Å². The van der Waals surface area contributed by atoms with Crippen molar-refractivity contribution in [1.82, 2.24) is 25.2 Å². The van der Waals surface area contributed by atoms with Crippen molar-refractivity contribution in [3.8, 4) is 0 Å². The van der Waals surface area contributed by atoms with E-state index < -0.39 is 5.82 Å². The molecule has 0 unspecified atom stereocenters. The molecular weight excluding hydrogens is 331 g/mol. The lowest BCUT2D eigenvalue weighted by Gasteiger charge is -2.33. The third kappa shape index (κ3) is 4.76. The van der Waals surface area contributed by atoms with E-state index in [4.69, 9.17) is 0 Å². The molecule has 0 aromatic carbocycles. The highest BCUT2D eigenvalue weighted by molar-refractivity contribution is 7.15. The van der Waals surface area contributed by atoms with Crippen LogP contribution in [0, 0.1) is 5.82 Å². The molecule has 128 valence electrons. The van der Waals surface area contributed by atoms with E-state index in [1.807, 2.05) is 0 Å². The van der Waals surface area contributed by atoms with Crippen molar-refractivity contribution in [1.29, 1.82) is 0 Å². The fourth-order valence-corrected chi connectivity index (χ4v) is 3.55. The van der Waals surface area contributed by atoms with E-state index in [0.717, 1.165) is 31.1 Å². The summed E-state index contributed by atoms with van der Waals surface area (Å²) in [7, 11) is 0. The summed E-state index contributed by atoms with van der Waals surface area (Å²) in [6, 6.07) is 0.229. The summed E-state index contributed by atoms with van der Waals surface area (Å²) in [6.07, 6.45) is 4.86. The predicted molar refractivity (Wildman–Crippen MR) is 89.2 cm³/mol. The van der Waals surface area contributed by atoms with E-state index in [-0.39, 0.29) is 11.9 Å². The molecule has 3 rings (SSSR count). The summed E-state index contributed by atoms with van der Waals surface area (Å²) in [5.41, 5.74) is 0. The van der Waals surface area contributed by atoms with E-state index in [1.54, 1.807) is 6.20 Å². The zero-order valence-corrected chi connectivity index (χ0v) is 14.1. The second-order valence-electron chi connectivity index (χ2n) is 5.72. The number of hydrogen-bond donors (Lipinski definition) is 2. The summed E-state index contributed by atoms with van der Waals surface area (Å²) >= 11 is 1.49. The van der Waals surface area contributed by atoms with Gasteiger partial charge in [-0.3, -0.25) is 9.69 Å². The van der Waals surface area contributed by atoms with E-state index in [9.17, 15) is 9.18 Å². The van der Waals surface area contributed by atoms with Gasteiger partial charge in [0.15, 0.2) is 10.9 Å². The van der Waals surface area contributed by atoms with Crippen molar-refractivity contribution < 1.29 is 9.18 Å². The van der Waals surface area contributed by atoms with Crippen LogP contribution in [0.15, 0.2) is 18.6 Å². The first-order valence-corrected chi connectivity index (χ1v) is 8.54. The zero-order chi connectivity index (χ0) is 16.9. The molecule has 3 heterocycles. The number of rotatable bonds is 5. The minimum Gasteiger partial charge on any atom is -0.311 e. The summed E-state index contributed by atoms with van der Waals surface area (Å²) < 4.78 is 12.9. The highest BCUT2D eigenvalue weighted by Crippen LogP contribution is 2.20. The zero-order valence-electron chi connectivity index (χ0n) is 13.3. The number of anilines is 1. The molecule has 0 spiro atoms. The van der Waals surface area contributed by atoms with Gasteiger partial charge in [0.1, 0.15) is 5.82 Å². The molecule has 0 saturated carbocycles. The number of piperazine rings is 1. The topological polar surface area (TPSA) is 83.0 Å². The second kappa shape index (κ2) is 7.73. The average molecular weight is 350 g/mol. The van der Waals surface area contributed by atoms with Crippen LogP contribution < -0.4 is 10.6 Å². The van der Waals surface area contributed by atoms with Gasteiger partial charge in [-0.2, -0.15) is 0 Å². The molecule has 0 aliphatic carbocycles. The van der Waals surface area contributed by atoms with Crippen molar-refractivity contribution >= 4 is 22.4 Å². The average Bonchev–Trinajstić information content (AvgIpc) is 2.96. The van der Waals surface area contributed by atoms with Crippen LogP contribution in [0.1, 0.15) is 17.6 Å². The van der Waals surface area contributed by atoms with E-state index in [1.165, 1.54) is 30.7 Å². The highest BCUT2D eigenvalue weighted by atomic mass is 32.1. The van der Waals surface area contributed by atoms with Crippen LogP contribution in [0.2, 0.25) is 0 Å². The first kappa shape index (κ1) is 16.9. The van der Waals surface area contributed by atoms with Gasteiger partial charge in [0, 0.05) is 56.6 Å². The molecule has 9 heteroatoms. The SMILES string of the molecule is CC(=O)Nc1ncc(CN2CCN[C@H](Cc3ncc(F)cn3)C2)s1. The van der Waals surface area contributed by atoms with Gasteiger partial charge in [-0.15, -0.1) is 11.3 Å². The number of thiazole rings is 1. The molecule has 7 nitrogen and oxygen atoms in total. The molecule has 1 aliphatic heterocycles. The fourth-order valence-electron chi connectivity index (χ4n) is 2.65. The van der Waals surface area contributed by atoms with Gasteiger partial charge >= 0.3 is 0 Å². The van der Waals surface area contributed by atoms with Crippen LogP contribution in [-0.4, -0.2) is 51.4 Å². The maximum atomic E-state index is 12.9. The molecule has 2 aromatic rings. The fraction of sp³-hybridized carbons (Fsp3) is 0.467. The predicted octanol–water partition coefficient (Wildman–Crippen LogP) is 1.05. The van der Waals surface area contributed by atoms with Crippen LogP contribution in [0.25, 0.3) is 0 Å². The third-order valence-electron chi connectivity index (χ3n) is 3.66. The molecule has 0 radical (unpaired) electrons.